The Labute approximate surface area is 143 Å². The van der Waals surface area contributed by atoms with Crippen molar-refractivity contribution in [2.24, 2.45) is 22.7 Å². The van der Waals surface area contributed by atoms with Gasteiger partial charge in [-0.1, -0.05) is 19.9 Å². The molecule has 2 fully saturated rings. The molecule has 5 aliphatic rings. The quantitative estimate of drug-likeness (QED) is 0.635. The first kappa shape index (κ1) is 16.3. The Hall–Kier alpha value is -1.13. The van der Waals surface area contributed by atoms with Gasteiger partial charge in [0.1, 0.15) is 6.61 Å². The number of fused-ring (bicyclic) bond motifs is 1. The van der Waals surface area contributed by atoms with Crippen molar-refractivity contribution in [1.82, 2.24) is 0 Å². The highest BCUT2D eigenvalue weighted by Crippen LogP contribution is 2.64. The molecule has 24 heavy (non-hydrogen) atoms. The second-order valence-corrected chi connectivity index (χ2v) is 8.50. The lowest BCUT2D eigenvalue weighted by Gasteiger charge is -2.62. The van der Waals surface area contributed by atoms with Crippen LogP contribution in [0.25, 0.3) is 0 Å². The Morgan fingerprint density at radius 3 is 2.96 bits per heavy atom. The van der Waals surface area contributed by atoms with Gasteiger partial charge >= 0.3 is 5.97 Å². The highest BCUT2D eigenvalue weighted by Gasteiger charge is 2.59. The Morgan fingerprint density at radius 2 is 2.25 bits per heavy atom. The molecule has 2 bridgehead atoms. The second-order valence-electron chi connectivity index (χ2n) is 8.50. The molecule has 2 aliphatic carbocycles. The zero-order valence-electron chi connectivity index (χ0n) is 14.7. The van der Waals surface area contributed by atoms with Crippen molar-refractivity contribution in [3.8, 4) is 0 Å². The van der Waals surface area contributed by atoms with Gasteiger partial charge in [-0.05, 0) is 60.5 Å². The van der Waals surface area contributed by atoms with Crippen LogP contribution in [-0.2, 0) is 14.3 Å². The molecule has 4 nitrogen and oxygen atoms in total. The maximum absolute atomic E-state index is 11.3. The number of aliphatic hydroxyl groups is 1. The fraction of sp³-hybridized carbons (Fsp3) is 0.750. The van der Waals surface area contributed by atoms with E-state index in [1.807, 2.05) is 0 Å². The number of carbonyl (C=O) groups is 1. The Balaban J connectivity index is 1.61. The van der Waals surface area contributed by atoms with Gasteiger partial charge in [-0.25, -0.2) is 4.79 Å². The summed E-state index contributed by atoms with van der Waals surface area (Å²) in [5, 5.41) is 9.93. The van der Waals surface area contributed by atoms with Gasteiger partial charge in [0.25, 0.3) is 0 Å². The first-order valence-corrected chi connectivity index (χ1v) is 9.28. The molecular weight excluding hydrogens is 304 g/mol. The van der Waals surface area contributed by atoms with E-state index >= 15 is 0 Å². The van der Waals surface area contributed by atoms with Crippen LogP contribution >= 0.6 is 0 Å². The average Bonchev–Trinajstić information content (AvgIpc) is 3.02. The van der Waals surface area contributed by atoms with Crippen LogP contribution in [0.1, 0.15) is 46.0 Å². The van der Waals surface area contributed by atoms with Gasteiger partial charge in [0.05, 0.1) is 19.3 Å². The van der Waals surface area contributed by atoms with E-state index in [1.54, 1.807) is 6.08 Å². The van der Waals surface area contributed by atoms with Gasteiger partial charge in [0.2, 0.25) is 0 Å². The number of aliphatic hydroxyl groups excluding tert-OH is 1. The van der Waals surface area contributed by atoms with Crippen LogP contribution in [0, 0.1) is 22.7 Å². The van der Waals surface area contributed by atoms with Gasteiger partial charge < -0.3 is 14.6 Å². The molecule has 1 saturated heterocycles. The van der Waals surface area contributed by atoms with E-state index in [2.05, 4.69) is 19.9 Å². The number of carbonyl (C=O) groups excluding carboxylic acids is 1. The number of cyclic esters (lactones) is 1. The smallest absolute Gasteiger partial charge is 0.331 e. The van der Waals surface area contributed by atoms with Gasteiger partial charge in [0.15, 0.2) is 0 Å². The molecule has 0 radical (unpaired) electrons. The number of hydrogen-bond donors (Lipinski definition) is 1. The molecule has 1 N–H and O–H groups in total. The summed E-state index contributed by atoms with van der Waals surface area (Å²) < 4.78 is 11.1. The molecule has 1 spiro atoms. The third kappa shape index (κ3) is 2.30. The molecule has 3 heterocycles. The fourth-order valence-electron chi connectivity index (χ4n) is 5.78. The van der Waals surface area contributed by atoms with Crippen LogP contribution < -0.4 is 0 Å². The van der Waals surface area contributed by atoms with Crippen molar-refractivity contribution < 1.29 is 19.4 Å². The lowest BCUT2D eigenvalue weighted by atomic mass is 9.45. The number of ether oxygens (including phenoxy) is 2. The third-order valence-electron chi connectivity index (χ3n) is 7.54. The summed E-state index contributed by atoms with van der Waals surface area (Å²) >= 11 is 0. The van der Waals surface area contributed by atoms with Crippen molar-refractivity contribution in [2.75, 3.05) is 19.8 Å². The second kappa shape index (κ2) is 5.70. The molecule has 1 unspecified atom stereocenters. The summed E-state index contributed by atoms with van der Waals surface area (Å²) in [6.07, 6.45) is 9.39. The van der Waals surface area contributed by atoms with E-state index in [0.29, 0.717) is 18.4 Å². The standard InChI is InChI=1S/C20H28O4/c1-13-3-6-20-12-24-16(8-15(20)10-21)9-17(20)19(13,2)5-4-14-7-18(22)23-11-14/h7-8,13,16-17,21H,3-6,9-12H2,1-2H3/t13-,16+,17?,19+,20-/m0/s1. The van der Waals surface area contributed by atoms with Crippen molar-refractivity contribution in [3.05, 3.63) is 23.3 Å². The summed E-state index contributed by atoms with van der Waals surface area (Å²) in [6, 6.07) is 0. The van der Waals surface area contributed by atoms with Gasteiger partial charge in [0, 0.05) is 11.5 Å². The van der Waals surface area contributed by atoms with Crippen LogP contribution in [0.15, 0.2) is 23.3 Å². The zero-order valence-corrected chi connectivity index (χ0v) is 14.7. The van der Waals surface area contributed by atoms with Crippen LogP contribution in [0.2, 0.25) is 0 Å². The molecule has 0 aromatic carbocycles. The zero-order chi connectivity index (χ0) is 16.9. The molecule has 0 aromatic rings. The van der Waals surface area contributed by atoms with Crippen LogP contribution in [0.5, 0.6) is 0 Å². The highest BCUT2D eigenvalue weighted by molar-refractivity contribution is 5.85. The first-order chi connectivity index (χ1) is 11.5. The molecule has 3 aliphatic heterocycles. The summed E-state index contributed by atoms with van der Waals surface area (Å²) in [6.45, 7) is 6.20. The number of esters is 1. The monoisotopic (exact) mass is 332 g/mol. The van der Waals surface area contributed by atoms with Gasteiger partial charge in [-0.15, -0.1) is 0 Å². The minimum atomic E-state index is -0.195. The molecule has 4 heteroatoms. The van der Waals surface area contributed by atoms with E-state index in [0.717, 1.165) is 37.9 Å². The Bertz CT molecular complexity index is 607. The van der Waals surface area contributed by atoms with E-state index in [-0.39, 0.29) is 29.5 Å². The first-order valence-electron chi connectivity index (χ1n) is 9.28. The van der Waals surface area contributed by atoms with Crippen molar-refractivity contribution in [2.45, 2.75) is 52.1 Å². The summed E-state index contributed by atoms with van der Waals surface area (Å²) in [5.41, 5.74) is 2.58. The Morgan fingerprint density at radius 1 is 1.42 bits per heavy atom. The largest absolute Gasteiger partial charge is 0.458 e. The van der Waals surface area contributed by atoms with Crippen LogP contribution in [0.3, 0.4) is 0 Å². The number of hydrogen-bond acceptors (Lipinski definition) is 4. The third-order valence-corrected chi connectivity index (χ3v) is 7.54. The normalized spacial score (nSPS) is 44.0. The van der Waals surface area contributed by atoms with Crippen molar-refractivity contribution >= 4 is 5.97 Å². The van der Waals surface area contributed by atoms with Gasteiger partial charge in [-0.3, -0.25) is 0 Å². The van der Waals surface area contributed by atoms with E-state index < -0.39 is 0 Å². The highest BCUT2D eigenvalue weighted by atomic mass is 16.5. The van der Waals surface area contributed by atoms with Crippen molar-refractivity contribution in [3.63, 3.8) is 0 Å². The minimum Gasteiger partial charge on any atom is -0.458 e. The molecule has 132 valence electrons. The molecule has 5 atom stereocenters. The fourth-order valence-corrected chi connectivity index (χ4v) is 5.78. The van der Waals surface area contributed by atoms with E-state index in [1.165, 1.54) is 12.0 Å². The molecule has 0 amide bonds. The summed E-state index contributed by atoms with van der Waals surface area (Å²) in [4.78, 5) is 11.3. The SMILES string of the molecule is C[C@H]1CC[C@]23CO[C@H](C=C2CO)CC3[C@]1(C)CCC1=CC(=O)OC1. The van der Waals surface area contributed by atoms with Crippen LogP contribution in [-0.4, -0.2) is 37.0 Å². The minimum absolute atomic E-state index is 0.0289. The number of rotatable bonds is 4. The molecular formula is C20H28O4. The predicted octanol–water partition coefficient (Wildman–Crippen LogP) is 3.01. The maximum Gasteiger partial charge on any atom is 0.331 e. The lowest BCUT2D eigenvalue weighted by Crippen LogP contribution is -2.59. The van der Waals surface area contributed by atoms with Gasteiger partial charge in [-0.2, -0.15) is 0 Å². The summed E-state index contributed by atoms with van der Waals surface area (Å²) in [5.74, 6) is 1.00. The van der Waals surface area contributed by atoms with E-state index in [9.17, 15) is 9.90 Å². The summed E-state index contributed by atoms with van der Waals surface area (Å²) in [7, 11) is 0. The Kier molecular flexibility index (Phi) is 3.88. The maximum atomic E-state index is 11.3. The molecule has 0 aromatic heterocycles. The topological polar surface area (TPSA) is 55.8 Å². The van der Waals surface area contributed by atoms with Crippen LogP contribution in [0.4, 0.5) is 0 Å². The predicted molar refractivity (Wildman–Crippen MR) is 90.2 cm³/mol. The lowest BCUT2D eigenvalue weighted by molar-refractivity contribution is -0.164. The average molecular weight is 332 g/mol. The van der Waals surface area contributed by atoms with E-state index in [4.69, 9.17) is 9.47 Å². The van der Waals surface area contributed by atoms with Crippen molar-refractivity contribution in [1.29, 1.82) is 0 Å². The molecule has 5 rings (SSSR count). The molecule has 1 saturated carbocycles.